The Bertz CT molecular complexity index is 1490. The summed E-state index contributed by atoms with van der Waals surface area (Å²) in [5, 5.41) is 7.09. The standard InChI is InChI=1S/C26H35N9O5S/c1-4-8-20-22(23(24(27)36)32-35(20)17-21-28-9-7-10-29-21)31-25(37)19-15-18(16-30-26(19)40-6-3)41(38,39)34-13-11-33(5-2)12-14-34/h7,9-10,15-16H,4-6,8,11-14,17H2,1-3H3,(H2,27,36)(H,31,37). The van der Waals surface area contributed by atoms with Crippen molar-refractivity contribution in [3.63, 3.8) is 0 Å². The predicted molar refractivity (Wildman–Crippen MR) is 150 cm³/mol. The van der Waals surface area contributed by atoms with Crippen LogP contribution in [0.5, 0.6) is 5.88 Å². The van der Waals surface area contributed by atoms with Crippen molar-refractivity contribution in [1.29, 1.82) is 0 Å². The lowest BCUT2D eigenvalue weighted by atomic mass is 10.1. The topological polar surface area (TPSA) is 179 Å². The van der Waals surface area contributed by atoms with E-state index in [9.17, 15) is 18.0 Å². The highest BCUT2D eigenvalue weighted by molar-refractivity contribution is 7.89. The quantitative estimate of drug-likeness (QED) is 0.313. The molecule has 41 heavy (non-hydrogen) atoms. The minimum atomic E-state index is -3.92. The van der Waals surface area contributed by atoms with Gasteiger partial charge in [-0.25, -0.2) is 23.4 Å². The van der Waals surface area contributed by atoms with E-state index in [0.29, 0.717) is 50.5 Å². The third kappa shape index (κ3) is 6.69. The van der Waals surface area contributed by atoms with Crippen LogP contribution in [0.1, 0.15) is 59.6 Å². The summed E-state index contributed by atoms with van der Waals surface area (Å²) >= 11 is 0. The number of hydrogen-bond acceptors (Lipinski definition) is 10. The number of anilines is 1. The number of hydrogen-bond donors (Lipinski definition) is 2. The first-order chi connectivity index (χ1) is 19.7. The molecule has 0 saturated carbocycles. The SMILES string of the molecule is CCCc1c(NC(=O)c2cc(S(=O)(=O)N3CCN(CC)CC3)cnc2OCC)c(C(N)=O)nn1Cc1ncccn1. The zero-order valence-corrected chi connectivity index (χ0v) is 24.2. The molecule has 3 N–H and O–H groups in total. The molecule has 0 atom stereocenters. The Hall–Kier alpha value is -3.95. The zero-order chi connectivity index (χ0) is 29.6. The first kappa shape index (κ1) is 30.0. The Balaban J connectivity index is 1.70. The van der Waals surface area contributed by atoms with E-state index < -0.39 is 21.8 Å². The van der Waals surface area contributed by atoms with Gasteiger partial charge < -0.3 is 20.7 Å². The number of sulfonamides is 1. The molecule has 1 aliphatic heterocycles. The molecule has 0 radical (unpaired) electrons. The first-order valence-corrected chi connectivity index (χ1v) is 15.0. The maximum Gasteiger partial charge on any atom is 0.271 e. The second kappa shape index (κ2) is 13.1. The Labute approximate surface area is 239 Å². The van der Waals surface area contributed by atoms with Crippen molar-refractivity contribution in [3.8, 4) is 5.88 Å². The van der Waals surface area contributed by atoms with E-state index in [1.165, 1.54) is 21.3 Å². The van der Waals surface area contributed by atoms with Crippen LogP contribution in [0.25, 0.3) is 0 Å². The zero-order valence-electron chi connectivity index (χ0n) is 23.4. The fourth-order valence-electron chi connectivity index (χ4n) is 4.57. The largest absolute Gasteiger partial charge is 0.477 e. The van der Waals surface area contributed by atoms with Gasteiger partial charge in [-0.05, 0) is 32.0 Å². The van der Waals surface area contributed by atoms with Gasteiger partial charge in [0.2, 0.25) is 15.9 Å². The molecule has 0 spiro atoms. The van der Waals surface area contributed by atoms with E-state index >= 15 is 0 Å². The maximum atomic E-state index is 13.7. The molecule has 2 amide bonds. The Morgan fingerprint density at radius 2 is 1.78 bits per heavy atom. The smallest absolute Gasteiger partial charge is 0.271 e. The van der Waals surface area contributed by atoms with Gasteiger partial charge in [-0.15, -0.1) is 0 Å². The van der Waals surface area contributed by atoms with Crippen LogP contribution in [0.2, 0.25) is 0 Å². The van der Waals surface area contributed by atoms with Gasteiger partial charge in [0.25, 0.3) is 11.8 Å². The van der Waals surface area contributed by atoms with Crippen molar-refractivity contribution in [2.75, 3.05) is 44.6 Å². The fraction of sp³-hybridized carbons (Fsp3) is 0.462. The summed E-state index contributed by atoms with van der Waals surface area (Å²) < 4.78 is 35.4. The monoisotopic (exact) mass is 585 g/mol. The number of likely N-dealkylation sites (N-methyl/N-ethyl adjacent to an activating group) is 1. The minimum Gasteiger partial charge on any atom is -0.477 e. The van der Waals surface area contributed by atoms with Gasteiger partial charge in [0.1, 0.15) is 22.8 Å². The molecule has 0 aromatic carbocycles. The molecule has 0 bridgehead atoms. The number of piperazine rings is 1. The van der Waals surface area contributed by atoms with Crippen molar-refractivity contribution >= 4 is 27.5 Å². The number of pyridine rings is 1. The van der Waals surface area contributed by atoms with Gasteiger partial charge in [0.15, 0.2) is 5.69 Å². The van der Waals surface area contributed by atoms with E-state index in [1.807, 2.05) is 13.8 Å². The lowest BCUT2D eigenvalue weighted by Crippen LogP contribution is -2.48. The van der Waals surface area contributed by atoms with E-state index in [4.69, 9.17) is 10.5 Å². The van der Waals surface area contributed by atoms with Crippen molar-refractivity contribution < 1.29 is 22.7 Å². The molecule has 1 fully saturated rings. The Morgan fingerprint density at radius 3 is 2.39 bits per heavy atom. The summed E-state index contributed by atoms with van der Waals surface area (Å²) in [5.41, 5.74) is 6.08. The third-order valence-electron chi connectivity index (χ3n) is 6.69. The van der Waals surface area contributed by atoms with Crippen LogP contribution >= 0.6 is 0 Å². The molecule has 1 aliphatic rings. The van der Waals surface area contributed by atoms with Crippen LogP contribution in [0.15, 0.2) is 35.6 Å². The Kier molecular flexibility index (Phi) is 9.62. The number of aromatic nitrogens is 5. The van der Waals surface area contributed by atoms with Gasteiger partial charge in [0.05, 0.1) is 24.2 Å². The highest BCUT2D eigenvalue weighted by atomic mass is 32.2. The first-order valence-electron chi connectivity index (χ1n) is 13.5. The van der Waals surface area contributed by atoms with Crippen molar-refractivity contribution in [3.05, 3.63) is 53.5 Å². The number of rotatable bonds is 12. The summed E-state index contributed by atoms with van der Waals surface area (Å²) in [6.45, 7) is 8.76. The minimum absolute atomic E-state index is 0.0394. The highest BCUT2D eigenvalue weighted by Gasteiger charge is 2.31. The summed E-state index contributed by atoms with van der Waals surface area (Å²) in [6.07, 6.45) is 5.51. The average molecular weight is 586 g/mol. The van der Waals surface area contributed by atoms with Crippen LogP contribution in [0.4, 0.5) is 5.69 Å². The lowest BCUT2D eigenvalue weighted by Gasteiger charge is -2.33. The highest BCUT2D eigenvalue weighted by Crippen LogP contribution is 2.27. The third-order valence-corrected chi connectivity index (χ3v) is 8.56. The molecule has 3 aromatic heterocycles. The normalized spacial score (nSPS) is 14.6. The van der Waals surface area contributed by atoms with Gasteiger partial charge in [-0.3, -0.25) is 14.3 Å². The van der Waals surface area contributed by atoms with Crippen molar-refractivity contribution in [1.82, 2.24) is 33.9 Å². The molecule has 15 heteroatoms. The molecule has 4 rings (SSSR count). The number of carbonyl (C=O) groups is 2. The van der Waals surface area contributed by atoms with Crippen LogP contribution in [0.3, 0.4) is 0 Å². The molecule has 220 valence electrons. The number of primary amides is 1. The van der Waals surface area contributed by atoms with Crippen LogP contribution < -0.4 is 15.8 Å². The molecule has 14 nitrogen and oxygen atoms in total. The molecular formula is C26H35N9O5S. The Morgan fingerprint density at radius 1 is 1.07 bits per heavy atom. The van der Waals surface area contributed by atoms with E-state index in [0.717, 1.165) is 6.54 Å². The number of nitrogens with one attached hydrogen (secondary N) is 1. The van der Waals surface area contributed by atoms with E-state index in [2.05, 4.69) is 30.3 Å². The second-order valence-corrected chi connectivity index (χ2v) is 11.3. The lowest BCUT2D eigenvalue weighted by molar-refractivity contribution is 0.0995. The van der Waals surface area contributed by atoms with Crippen LogP contribution in [-0.4, -0.2) is 93.5 Å². The van der Waals surface area contributed by atoms with Gasteiger partial charge in [-0.1, -0.05) is 20.3 Å². The molecular weight excluding hydrogens is 550 g/mol. The maximum absolute atomic E-state index is 13.7. The number of amides is 2. The fourth-order valence-corrected chi connectivity index (χ4v) is 5.97. The number of carbonyl (C=O) groups excluding carboxylic acids is 2. The molecule has 0 unspecified atom stereocenters. The summed E-state index contributed by atoms with van der Waals surface area (Å²) in [6, 6.07) is 2.93. The van der Waals surface area contributed by atoms with Crippen LogP contribution in [0, 0.1) is 0 Å². The van der Waals surface area contributed by atoms with Gasteiger partial charge in [-0.2, -0.15) is 9.40 Å². The molecule has 4 heterocycles. The molecule has 0 aliphatic carbocycles. The van der Waals surface area contributed by atoms with Crippen molar-refractivity contribution in [2.45, 2.75) is 45.1 Å². The molecule has 3 aromatic rings. The van der Waals surface area contributed by atoms with E-state index in [1.54, 1.807) is 25.4 Å². The number of nitrogens with two attached hydrogens (primary N) is 1. The second-order valence-electron chi connectivity index (χ2n) is 9.36. The number of ether oxygens (including phenoxy) is 1. The molecule has 1 saturated heterocycles. The average Bonchev–Trinajstić information content (AvgIpc) is 3.30. The van der Waals surface area contributed by atoms with Crippen molar-refractivity contribution in [2.24, 2.45) is 5.73 Å². The van der Waals surface area contributed by atoms with Gasteiger partial charge in [0, 0.05) is 38.6 Å². The summed E-state index contributed by atoms with van der Waals surface area (Å²) in [5.74, 6) is -1.13. The van der Waals surface area contributed by atoms with Gasteiger partial charge >= 0.3 is 0 Å². The summed E-state index contributed by atoms with van der Waals surface area (Å²) in [4.78, 5) is 40.7. The predicted octanol–water partition coefficient (Wildman–Crippen LogP) is 1.15. The van der Waals surface area contributed by atoms with Crippen LogP contribution in [-0.2, 0) is 23.0 Å². The van der Waals surface area contributed by atoms with E-state index in [-0.39, 0.29) is 40.9 Å². The number of nitrogens with zero attached hydrogens (tertiary/aromatic N) is 7. The summed E-state index contributed by atoms with van der Waals surface area (Å²) in [7, 11) is -3.92.